The van der Waals surface area contributed by atoms with Crippen molar-refractivity contribution in [2.24, 2.45) is 0 Å². The number of hydrogen-bond acceptors (Lipinski definition) is 4. The van der Waals surface area contributed by atoms with Crippen molar-refractivity contribution in [2.45, 2.75) is 6.42 Å². The molecule has 0 N–H and O–H groups in total. The van der Waals surface area contributed by atoms with Gasteiger partial charge in [-0.05, 0) is 12.1 Å². The second kappa shape index (κ2) is 8.35. The van der Waals surface area contributed by atoms with Gasteiger partial charge in [0.2, 0.25) is 0 Å². The van der Waals surface area contributed by atoms with Gasteiger partial charge >= 0.3 is 0 Å². The van der Waals surface area contributed by atoms with Gasteiger partial charge in [0.15, 0.2) is 5.78 Å². The summed E-state index contributed by atoms with van der Waals surface area (Å²) < 4.78 is 31.9. The van der Waals surface area contributed by atoms with E-state index < -0.39 is 23.0 Å². The molecular formula is C14H16F2N2O2. The monoisotopic (exact) mass is 282 g/mol. The van der Waals surface area contributed by atoms with E-state index >= 15 is 0 Å². The normalized spacial score (nSPS) is 10.6. The van der Waals surface area contributed by atoms with Crippen molar-refractivity contribution >= 4 is 5.78 Å². The molecule has 0 fully saturated rings. The van der Waals surface area contributed by atoms with E-state index in [-0.39, 0.29) is 13.0 Å². The minimum Gasteiger partial charge on any atom is -0.383 e. The Hall–Kier alpha value is -1.84. The van der Waals surface area contributed by atoms with Gasteiger partial charge in [0.25, 0.3) is 0 Å². The lowest BCUT2D eigenvalue weighted by molar-refractivity contribution is 0.0890. The number of nitriles is 1. The topological polar surface area (TPSA) is 53.3 Å². The zero-order valence-corrected chi connectivity index (χ0v) is 11.2. The van der Waals surface area contributed by atoms with Crippen LogP contribution in [0.15, 0.2) is 18.2 Å². The molecule has 20 heavy (non-hydrogen) atoms. The summed E-state index contributed by atoms with van der Waals surface area (Å²) in [5.74, 6) is -2.39. The molecule has 0 bridgehead atoms. The molecule has 0 aliphatic rings. The SMILES string of the molecule is COCCN(CCC#N)CC(=O)c1c(F)cccc1F. The minimum absolute atomic E-state index is 0.150. The lowest BCUT2D eigenvalue weighted by atomic mass is 10.1. The number of carbonyl (C=O) groups is 1. The first-order valence-electron chi connectivity index (χ1n) is 6.15. The molecule has 0 radical (unpaired) electrons. The fourth-order valence-electron chi connectivity index (χ4n) is 1.74. The number of ketones is 1. The number of nitrogens with zero attached hydrogens (tertiary/aromatic N) is 2. The predicted molar refractivity (Wildman–Crippen MR) is 69.2 cm³/mol. The van der Waals surface area contributed by atoms with Crippen LogP contribution in [0.4, 0.5) is 8.78 Å². The summed E-state index contributed by atoms with van der Waals surface area (Å²) in [6, 6.07) is 5.27. The van der Waals surface area contributed by atoms with Gasteiger partial charge in [-0.2, -0.15) is 5.26 Å². The first kappa shape index (κ1) is 16.2. The molecule has 4 nitrogen and oxygen atoms in total. The van der Waals surface area contributed by atoms with Crippen molar-refractivity contribution in [3.05, 3.63) is 35.4 Å². The van der Waals surface area contributed by atoms with E-state index in [4.69, 9.17) is 10.00 Å². The average Bonchev–Trinajstić information content (AvgIpc) is 2.41. The van der Waals surface area contributed by atoms with Crippen LogP contribution in [-0.4, -0.2) is 44.0 Å². The number of ether oxygens (including phenoxy) is 1. The van der Waals surface area contributed by atoms with Crippen LogP contribution in [-0.2, 0) is 4.74 Å². The van der Waals surface area contributed by atoms with E-state index in [1.54, 1.807) is 4.90 Å². The van der Waals surface area contributed by atoms with Gasteiger partial charge < -0.3 is 4.74 Å². The summed E-state index contributed by atoms with van der Waals surface area (Å²) in [5.41, 5.74) is -0.535. The van der Waals surface area contributed by atoms with Crippen molar-refractivity contribution in [1.82, 2.24) is 4.90 Å². The minimum atomic E-state index is -0.873. The van der Waals surface area contributed by atoms with E-state index in [9.17, 15) is 13.6 Å². The number of methoxy groups -OCH3 is 1. The molecule has 0 saturated carbocycles. The summed E-state index contributed by atoms with van der Waals surface area (Å²) in [6.45, 7) is 0.989. The van der Waals surface area contributed by atoms with Gasteiger partial charge in [0.05, 0.1) is 24.8 Å². The highest BCUT2D eigenvalue weighted by atomic mass is 19.1. The molecule has 108 valence electrons. The third-order valence-electron chi connectivity index (χ3n) is 2.76. The summed E-state index contributed by atoms with van der Waals surface area (Å²) in [4.78, 5) is 13.6. The van der Waals surface area contributed by atoms with E-state index in [1.165, 1.54) is 13.2 Å². The van der Waals surface area contributed by atoms with E-state index in [0.29, 0.717) is 19.7 Å². The van der Waals surface area contributed by atoms with Gasteiger partial charge in [0, 0.05) is 26.6 Å². The molecule has 1 rings (SSSR count). The van der Waals surface area contributed by atoms with Crippen LogP contribution in [0.1, 0.15) is 16.8 Å². The molecule has 6 heteroatoms. The molecule has 0 atom stereocenters. The van der Waals surface area contributed by atoms with E-state index in [0.717, 1.165) is 12.1 Å². The second-order valence-corrected chi connectivity index (χ2v) is 4.20. The Bertz CT molecular complexity index is 480. The van der Waals surface area contributed by atoms with Gasteiger partial charge in [-0.1, -0.05) is 6.07 Å². The Labute approximate surface area is 116 Å². The van der Waals surface area contributed by atoms with Crippen LogP contribution in [0.2, 0.25) is 0 Å². The number of benzene rings is 1. The molecule has 1 aromatic rings. The van der Waals surface area contributed by atoms with E-state index in [1.807, 2.05) is 6.07 Å². The summed E-state index contributed by atoms with van der Waals surface area (Å²) in [7, 11) is 1.51. The average molecular weight is 282 g/mol. The third-order valence-corrected chi connectivity index (χ3v) is 2.76. The number of rotatable bonds is 8. The fourth-order valence-corrected chi connectivity index (χ4v) is 1.74. The first-order valence-corrected chi connectivity index (χ1v) is 6.15. The smallest absolute Gasteiger partial charge is 0.182 e. The molecular weight excluding hydrogens is 266 g/mol. The van der Waals surface area contributed by atoms with Crippen LogP contribution in [0.25, 0.3) is 0 Å². The number of carbonyl (C=O) groups excluding carboxylic acids is 1. The molecule has 0 unspecified atom stereocenters. The van der Waals surface area contributed by atoms with Gasteiger partial charge in [-0.25, -0.2) is 8.78 Å². The molecule has 0 aromatic heterocycles. The van der Waals surface area contributed by atoms with Crippen LogP contribution in [0.5, 0.6) is 0 Å². The molecule has 0 heterocycles. The molecule has 0 amide bonds. The van der Waals surface area contributed by atoms with Crippen LogP contribution < -0.4 is 0 Å². The summed E-state index contributed by atoms with van der Waals surface area (Å²) >= 11 is 0. The van der Waals surface area contributed by atoms with Crippen molar-refractivity contribution < 1.29 is 18.3 Å². The number of hydrogen-bond donors (Lipinski definition) is 0. The Balaban J connectivity index is 2.76. The highest BCUT2D eigenvalue weighted by molar-refractivity contribution is 5.98. The zero-order valence-electron chi connectivity index (χ0n) is 11.2. The Morgan fingerprint density at radius 2 is 2.00 bits per heavy atom. The van der Waals surface area contributed by atoms with Crippen molar-refractivity contribution in [1.29, 1.82) is 5.26 Å². The second-order valence-electron chi connectivity index (χ2n) is 4.20. The molecule has 0 aliphatic carbocycles. The predicted octanol–water partition coefficient (Wildman–Crippen LogP) is 2.01. The Morgan fingerprint density at radius 3 is 2.55 bits per heavy atom. The number of Topliss-reactive ketones (excluding diaryl/α,β-unsaturated/α-hetero) is 1. The first-order chi connectivity index (χ1) is 9.60. The fraction of sp³-hybridized carbons (Fsp3) is 0.429. The van der Waals surface area contributed by atoms with Crippen LogP contribution >= 0.6 is 0 Å². The highest BCUT2D eigenvalue weighted by Crippen LogP contribution is 2.13. The maximum Gasteiger partial charge on any atom is 0.182 e. The van der Waals surface area contributed by atoms with Crippen molar-refractivity contribution in [3.8, 4) is 6.07 Å². The lowest BCUT2D eigenvalue weighted by Crippen LogP contribution is -2.34. The van der Waals surface area contributed by atoms with Gasteiger partial charge in [-0.15, -0.1) is 0 Å². The van der Waals surface area contributed by atoms with E-state index in [2.05, 4.69) is 0 Å². The Morgan fingerprint density at radius 1 is 1.35 bits per heavy atom. The third kappa shape index (κ3) is 4.68. The molecule has 0 aliphatic heterocycles. The maximum absolute atomic E-state index is 13.5. The molecule has 1 aromatic carbocycles. The van der Waals surface area contributed by atoms with Crippen molar-refractivity contribution in [3.63, 3.8) is 0 Å². The highest BCUT2D eigenvalue weighted by Gasteiger charge is 2.19. The summed E-state index contributed by atoms with van der Waals surface area (Å²) in [5, 5.41) is 8.57. The zero-order chi connectivity index (χ0) is 15.0. The summed E-state index contributed by atoms with van der Waals surface area (Å²) in [6.07, 6.45) is 0.233. The maximum atomic E-state index is 13.5. The Kier molecular flexibility index (Phi) is 6.77. The quantitative estimate of drug-likeness (QED) is 0.684. The van der Waals surface area contributed by atoms with Crippen LogP contribution in [0, 0.1) is 23.0 Å². The van der Waals surface area contributed by atoms with Crippen LogP contribution in [0.3, 0.4) is 0 Å². The van der Waals surface area contributed by atoms with Crippen molar-refractivity contribution in [2.75, 3.05) is 33.4 Å². The number of halogens is 2. The standard InChI is InChI=1S/C14H16F2N2O2/c1-20-9-8-18(7-3-6-17)10-13(19)14-11(15)4-2-5-12(14)16/h2,4-5H,3,7-10H2,1H3. The van der Waals surface area contributed by atoms with Gasteiger partial charge in [0.1, 0.15) is 11.6 Å². The molecule has 0 spiro atoms. The van der Waals surface area contributed by atoms with Gasteiger partial charge in [-0.3, -0.25) is 9.69 Å². The largest absolute Gasteiger partial charge is 0.383 e. The molecule has 0 saturated heterocycles. The lowest BCUT2D eigenvalue weighted by Gasteiger charge is -2.20.